The zero-order chi connectivity index (χ0) is 9.56. The third-order valence-electron chi connectivity index (χ3n) is 1.33. The van der Waals surface area contributed by atoms with Crippen molar-refractivity contribution < 1.29 is 9.59 Å². The van der Waals surface area contributed by atoms with E-state index in [0.717, 1.165) is 0 Å². The molecule has 0 atom stereocenters. The molecule has 0 aliphatic carbocycles. The molecule has 0 saturated heterocycles. The molecule has 0 fully saturated rings. The van der Waals surface area contributed by atoms with E-state index in [9.17, 15) is 9.59 Å². The molecule has 0 spiro atoms. The van der Waals surface area contributed by atoms with Crippen LogP contribution in [0.25, 0.3) is 0 Å². The van der Waals surface area contributed by atoms with E-state index in [-0.39, 0.29) is 37.1 Å². The SMILES string of the molecule is CC(C)NCC(=O)CC(=O)CN. The fraction of sp³-hybridized carbons (Fsp3) is 0.750. The van der Waals surface area contributed by atoms with Crippen LogP contribution >= 0.6 is 0 Å². The van der Waals surface area contributed by atoms with Gasteiger partial charge < -0.3 is 11.1 Å². The van der Waals surface area contributed by atoms with Crippen LogP contribution in [0.2, 0.25) is 0 Å². The number of carbonyl (C=O) groups excluding carboxylic acids is 2. The number of nitrogens with two attached hydrogens (primary N) is 1. The fourth-order valence-corrected chi connectivity index (χ4v) is 0.673. The molecule has 0 saturated carbocycles. The number of ketones is 2. The maximum atomic E-state index is 11.0. The maximum absolute atomic E-state index is 11.0. The lowest BCUT2D eigenvalue weighted by Gasteiger charge is -2.05. The van der Waals surface area contributed by atoms with Crippen molar-refractivity contribution in [1.82, 2.24) is 5.32 Å². The largest absolute Gasteiger partial charge is 0.324 e. The second kappa shape index (κ2) is 5.85. The predicted octanol–water partition coefficient (Wildman–Crippen LogP) is -0.529. The first-order valence-corrected chi connectivity index (χ1v) is 4.03. The standard InChI is InChI=1S/C8H16N2O2/c1-6(2)10-5-8(12)3-7(11)4-9/h6,10H,3-5,9H2,1-2H3. The van der Waals surface area contributed by atoms with Gasteiger partial charge in [-0.05, 0) is 0 Å². The number of nitrogens with one attached hydrogen (secondary N) is 1. The Bertz CT molecular complexity index is 166. The first kappa shape index (κ1) is 11.3. The first-order valence-electron chi connectivity index (χ1n) is 4.03. The highest BCUT2D eigenvalue weighted by atomic mass is 16.1. The molecule has 0 amide bonds. The van der Waals surface area contributed by atoms with Crippen LogP contribution in [0.1, 0.15) is 20.3 Å². The van der Waals surface area contributed by atoms with Gasteiger partial charge in [-0.25, -0.2) is 0 Å². The van der Waals surface area contributed by atoms with Gasteiger partial charge in [0, 0.05) is 6.04 Å². The van der Waals surface area contributed by atoms with Crippen molar-refractivity contribution in [2.75, 3.05) is 13.1 Å². The lowest BCUT2D eigenvalue weighted by atomic mass is 10.2. The van der Waals surface area contributed by atoms with Crippen molar-refractivity contribution in [1.29, 1.82) is 0 Å². The van der Waals surface area contributed by atoms with Crippen molar-refractivity contribution in [3.63, 3.8) is 0 Å². The van der Waals surface area contributed by atoms with Crippen molar-refractivity contribution in [3.05, 3.63) is 0 Å². The summed E-state index contributed by atoms with van der Waals surface area (Å²) in [5.41, 5.74) is 5.05. The molecule has 0 heterocycles. The van der Waals surface area contributed by atoms with Crippen LogP contribution in [0, 0.1) is 0 Å². The van der Waals surface area contributed by atoms with Gasteiger partial charge in [-0.2, -0.15) is 0 Å². The number of Topliss-reactive ketones (excluding diaryl/α,β-unsaturated/α-hetero) is 2. The lowest BCUT2D eigenvalue weighted by Crippen LogP contribution is -2.31. The van der Waals surface area contributed by atoms with Crippen LogP contribution in [0.5, 0.6) is 0 Å². The van der Waals surface area contributed by atoms with E-state index in [0.29, 0.717) is 0 Å². The van der Waals surface area contributed by atoms with E-state index in [1.807, 2.05) is 13.8 Å². The summed E-state index contributed by atoms with van der Waals surface area (Å²) in [5, 5.41) is 2.93. The number of hydrogen-bond acceptors (Lipinski definition) is 4. The Hall–Kier alpha value is -0.740. The van der Waals surface area contributed by atoms with Crippen LogP contribution in [-0.4, -0.2) is 30.7 Å². The Balaban J connectivity index is 3.53. The zero-order valence-electron chi connectivity index (χ0n) is 7.59. The molecule has 0 aliphatic heterocycles. The Labute approximate surface area is 72.5 Å². The molecule has 4 heteroatoms. The van der Waals surface area contributed by atoms with Crippen molar-refractivity contribution in [2.45, 2.75) is 26.3 Å². The summed E-state index contributed by atoms with van der Waals surface area (Å²) >= 11 is 0. The Kier molecular flexibility index (Phi) is 5.49. The highest BCUT2D eigenvalue weighted by Gasteiger charge is 2.07. The molecular formula is C8H16N2O2. The first-order chi connectivity index (χ1) is 5.56. The highest BCUT2D eigenvalue weighted by molar-refractivity contribution is 6.00. The Morgan fingerprint density at radius 1 is 1.33 bits per heavy atom. The molecule has 4 nitrogen and oxygen atoms in total. The molecule has 3 N–H and O–H groups in total. The van der Waals surface area contributed by atoms with Gasteiger partial charge in [0.05, 0.1) is 19.5 Å². The molecule has 0 aromatic carbocycles. The summed E-state index contributed by atoms with van der Waals surface area (Å²) in [6.07, 6.45) is -0.0454. The minimum absolute atomic E-state index is 0.0454. The molecule has 70 valence electrons. The average Bonchev–Trinajstić information content (AvgIpc) is 2.00. The fourth-order valence-electron chi connectivity index (χ4n) is 0.673. The third-order valence-corrected chi connectivity index (χ3v) is 1.33. The number of hydrogen-bond donors (Lipinski definition) is 2. The van der Waals surface area contributed by atoms with E-state index >= 15 is 0 Å². The van der Waals surface area contributed by atoms with Gasteiger partial charge >= 0.3 is 0 Å². The molecule has 12 heavy (non-hydrogen) atoms. The third kappa shape index (κ3) is 6.00. The second-order valence-corrected chi connectivity index (χ2v) is 2.99. The van der Waals surface area contributed by atoms with E-state index < -0.39 is 0 Å². The maximum Gasteiger partial charge on any atom is 0.154 e. The zero-order valence-corrected chi connectivity index (χ0v) is 7.59. The summed E-state index contributed by atoms with van der Waals surface area (Å²) in [4.78, 5) is 21.7. The van der Waals surface area contributed by atoms with Gasteiger partial charge in [-0.1, -0.05) is 13.8 Å². The lowest BCUT2D eigenvalue weighted by molar-refractivity contribution is -0.125. The van der Waals surface area contributed by atoms with Gasteiger partial charge in [0.15, 0.2) is 11.6 Å². The molecule has 0 radical (unpaired) electrons. The molecule has 0 bridgehead atoms. The van der Waals surface area contributed by atoms with Gasteiger partial charge in [0.25, 0.3) is 0 Å². The van der Waals surface area contributed by atoms with Gasteiger partial charge in [-0.3, -0.25) is 9.59 Å². The van der Waals surface area contributed by atoms with Crippen molar-refractivity contribution in [3.8, 4) is 0 Å². The monoisotopic (exact) mass is 172 g/mol. The summed E-state index contributed by atoms with van der Waals surface area (Å²) in [7, 11) is 0. The summed E-state index contributed by atoms with van der Waals surface area (Å²) in [5.74, 6) is -0.301. The van der Waals surface area contributed by atoms with Crippen LogP contribution in [0.4, 0.5) is 0 Å². The Morgan fingerprint density at radius 3 is 2.33 bits per heavy atom. The van der Waals surface area contributed by atoms with Crippen LogP contribution in [0.15, 0.2) is 0 Å². The van der Waals surface area contributed by atoms with Gasteiger partial charge in [0.2, 0.25) is 0 Å². The van der Waals surface area contributed by atoms with E-state index in [1.54, 1.807) is 0 Å². The minimum Gasteiger partial charge on any atom is -0.324 e. The predicted molar refractivity (Wildman–Crippen MR) is 46.8 cm³/mol. The molecular weight excluding hydrogens is 156 g/mol. The molecule has 0 rings (SSSR count). The topological polar surface area (TPSA) is 72.2 Å². The van der Waals surface area contributed by atoms with Crippen molar-refractivity contribution >= 4 is 11.6 Å². The quantitative estimate of drug-likeness (QED) is 0.528. The normalized spacial score (nSPS) is 10.3. The summed E-state index contributed by atoms with van der Waals surface area (Å²) < 4.78 is 0. The number of carbonyl (C=O) groups is 2. The summed E-state index contributed by atoms with van der Waals surface area (Å²) in [6.45, 7) is 4.09. The van der Waals surface area contributed by atoms with E-state index in [1.165, 1.54) is 0 Å². The molecule has 0 unspecified atom stereocenters. The summed E-state index contributed by atoms with van der Waals surface area (Å²) in [6, 6.07) is 0.266. The van der Waals surface area contributed by atoms with Gasteiger partial charge in [0.1, 0.15) is 0 Å². The van der Waals surface area contributed by atoms with Crippen molar-refractivity contribution in [2.24, 2.45) is 5.73 Å². The molecule has 0 aromatic heterocycles. The van der Waals surface area contributed by atoms with Crippen LogP contribution in [-0.2, 0) is 9.59 Å². The van der Waals surface area contributed by atoms with E-state index in [4.69, 9.17) is 5.73 Å². The van der Waals surface area contributed by atoms with Gasteiger partial charge in [-0.15, -0.1) is 0 Å². The van der Waals surface area contributed by atoms with Crippen LogP contribution < -0.4 is 11.1 Å². The number of rotatable bonds is 6. The average molecular weight is 172 g/mol. The Morgan fingerprint density at radius 2 is 1.92 bits per heavy atom. The minimum atomic E-state index is -0.203. The van der Waals surface area contributed by atoms with Crippen LogP contribution in [0.3, 0.4) is 0 Å². The second-order valence-electron chi connectivity index (χ2n) is 2.99. The highest BCUT2D eigenvalue weighted by Crippen LogP contribution is 1.84. The molecule has 0 aromatic rings. The van der Waals surface area contributed by atoms with E-state index in [2.05, 4.69) is 5.32 Å². The molecule has 0 aliphatic rings. The smallest absolute Gasteiger partial charge is 0.154 e.